The average Bonchev–Trinajstić information content (AvgIpc) is 3.54. The van der Waals surface area contributed by atoms with Gasteiger partial charge in [-0.05, 0) is 45.4 Å². The summed E-state index contributed by atoms with van der Waals surface area (Å²) >= 11 is 0. The van der Waals surface area contributed by atoms with Crippen molar-refractivity contribution in [2.24, 2.45) is 0 Å². The Hall–Kier alpha value is -3.46. The van der Waals surface area contributed by atoms with Gasteiger partial charge in [-0.25, -0.2) is 9.78 Å². The molecule has 2 fully saturated rings. The molecular formula is C25H29N7O2. The third-order valence-electron chi connectivity index (χ3n) is 7.62. The minimum atomic E-state index is -0.545. The fraction of sp³-hybridized carbons (Fsp3) is 0.440. The van der Waals surface area contributed by atoms with Crippen LogP contribution in [0, 0.1) is 0 Å². The number of fused-ring (bicyclic) bond motifs is 3. The summed E-state index contributed by atoms with van der Waals surface area (Å²) < 4.78 is 0. The van der Waals surface area contributed by atoms with E-state index in [0.717, 1.165) is 54.8 Å². The molecule has 176 valence electrons. The Bertz CT molecular complexity index is 1280. The zero-order valence-electron chi connectivity index (χ0n) is 19.5. The van der Waals surface area contributed by atoms with E-state index in [0.29, 0.717) is 24.1 Å². The molecule has 9 heteroatoms. The maximum absolute atomic E-state index is 13.6. The molecule has 2 saturated heterocycles. The number of carbonyl (C=O) groups excluding carboxylic acids is 2. The lowest BCUT2D eigenvalue weighted by Gasteiger charge is -2.42. The number of hydrogen-bond donors (Lipinski definition) is 2. The first-order valence-electron chi connectivity index (χ1n) is 12.0. The van der Waals surface area contributed by atoms with Crippen LogP contribution in [0.3, 0.4) is 0 Å². The summed E-state index contributed by atoms with van der Waals surface area (Å²) in [7, 11) is 0. The van der Waals surface area contributed by atoms with E-state index in [4.69, 9.17) is 0 Å². The van der Waals surface area contributed by atoms with Crippen LogP contribution in [0.2, 0.25) is 0 Å². The number of aromatic amines is 1. The minimum Gasteiger partial charge on any atom is -0.322 e. The molecule has 34 heavy (non-hydrogen) atoms. The maximum atomic E-state index is 13.6. The number of rotatable bonds is 2. The van der Waals surface area contributed by atoms with E-state index in [1.165, 1.54) is 6.42 Å². The number of hydrogen-bond acceptors (Lipinski definition) is 5. The zero-order valence-corrected chi connectivity index (χ0v) is 19.5. The van der Waals surface area contributed by atoms with E-state index in [2.05, 4.69) is 25.4 Å². The number of para-hydroxylation sites is 1. The highest BCUT2D eigenvalue weighted by Gasteiger charge is 2.46. The second kappa shape index (κ2) is 7.80. The van der Waals surface area contributed by atoms with Gasteiger partial charge in [0.25, 0.3) is 5.91 Å². The third kappa shape index (κ3) is 3.34. The van der Waals surface area contributed by atoms with Crippen molar-refractivity contribution in [2.45, 2.75) is 44.8 Å². The summed E-state index contributed by atoms with van der Waals surface area (Å²) in [5, 5.41) is 11.3. The van der Waals surface area contributed by atoms with Crippen molar-refractivity contribution < 1.29 is 9.59 Å². The number of nitrogens with zero attached hydrogens (tertiary/aromatic N) is 5. The van der Waals surface area contributed by atoms with Gasteiger partial charge in [-0.1, -0.05) is 24.3 Å². The summed E-state index contributed by atoms with van der Waals surface area (Å²) in [5.41, 5.74) is 2.27. The third-order valence-corrected chi connectivity index (χ3v) is 7.62. The van der Waals surface area contributed by atoms with Gasteiger partial charge in [-0.3, -0.25) is 14.8 Å². The topological polar surface area (TPSA) is 97.5 Å². The molecule has 0 aliphatic carbocycles. The summed E-state index contributed by atoms with van der Waals surface area (Å²) in [6.07, 6.45) is 2.38. The molecule has 5 heterocycles. The Morgan fingerprint density at radius 1 is 1.12 bits per heavy atom. The van der Waals surface area contributed by atoms with Crippen LogP contribution in [0.1, 0.15) is 48.4 Å². The number of H-pyrrole nitrogens is 1. The number of urea groups is 1. The van der Waals surface area contributed by atoms with Crippen molar-refractivity contribution in [3.05, 3.63) is 53.3 Å². The van der Waals surface area contributed by atoms with E-state index >= 15 is 0 Å². The summed E-state index contributed by atoms with van der Waals surface area (Å²) in [4.78, 5) is 37.4. The van der Waals surface area contributed by atoms with Crippen LogP contribution in [0.15, 0.2) is 36.4 Å². The molecule has 1 unspecified atom stereocenters. The standard InChI is InChI=1S/C25H29N7O2/c1-25(2)21-18(15-32(25)24(34)31-13-12-30-11-5-7-17(30)14-31)22(29-28-21)27-23(33)20-10-9-16-6-3-4-8-19(16)26-20/h3-4,6,8-10,17H,5,7,11-15H2,1-2H3,(H2,27,28,29,33). The van der Waals surface area contributed by atoms with E-state index in [1.807, 2.05) is 54.0 Å². The lowest BCUT2D eigenvalue weighted by molar-refractivity contribution is 0.0712. The Labute approximate surface area is 198 Å². The van der Waals surface area contributed by atoms with Gasteiger partial charge in [0.15, 0.2) is 5.82 Å². The summed E-state index contributed by atoms with van der Waals surface area (Å²) in [6.45, 7) is 8.09. The fourth-order valence-corrected chi connectivity index (χ4v) is 5.63. The lowest BCUT2D eigenvalue weighted by atomic mass is 10.0. The largest absolute Gasteiger partial charge is 0.322 e. The van der Waals surface area contributed by atoms with Gasteiger partial charge in [0.05, 0.1) is 23.3 Å². The van der Waals surface area contributed by atoms with Gasteiger partial charge in [0, 0.05) is 36.6 Å². The number of nitrogens with one attached hydrogen (secondary N) is 2. The average molecular weight is 460 g/mol. The first-order valence-corrected chi connectivity index (χ1v) is 12.0. The van der Waals surface area contributed by atoms with Gasteiger partial charge < -0.3 is 15.1 Å². The lowest BCUT2D eigenvalue weighted by Crippen LogP contribution is -2.57. The molecule has 2 aromatic heterocycles. The zero-order chi connectivity index (χ0) is 23.4. The molecule has 3 aromatic rings. The predicted octanol–water partition coefficient (Wildman–Crippen LogP) is 3.16. The van der Waals surface area contributed by atoms with Crippen LogP contribution in [-0.2, 0) is 12.1 Å². The Morgan fingerprint density at radius 2 is 1.97 bits per heavy atom. The van der Waals surface area contributed by atoms with Crippen LogP contribution in [0.5, 0.6) is 0 Å². The fourth-order valence-electron chi connectivity index (χ4n) is 5.63. The van der Waals surface area contributed by atoms with E-state index in [9.17, 15) is 9.59 Å². The monoisotopic (exact) mass is 459 g/mol. The number of carbonyl (C=O) groups is 2. The molecule has 0 bridgehead atoms. The number of amides is 3. The number of benzene rings is 1. The SMILES string of the molecule is CC1(C)c2[nH]nc(NC(=O)c3ccc4ccccc4n3)c2CN1C(=O)N1CCN2CCCC2C1. The van der Waals surface area contributed by atoms with Gasteiger partial charge in [0.1, 0.15) is 5.69 Å². The smallest absolute Gasteiger partial charge is 0.321 e. The molecular weight excluding hydrogens is 430 g/mol. The number of pyridine rings is 1. The van der Waals surface area contributed by atoms with Crippen LogP contribution >= 0.6 is 0 Å². The maximum Gasteiger partial charge on any atom is 0.321 e. The molecule has 1 atom stereocenters. The molecule has 9 nitrogen and oxygen atoms in total. The molecule has 0 spiro atoms. The van der Waals surface area contributed by atoms with Crippen molar-refractivity contribution >= 4 is 28.7 Å². The second-order valence-corrected chi connectivity index (χ2v) is 9.97. The van der Waals surface area contributed by atoms with Crippen molar-refractivity contribution in [1.29, 1.82) is 0 Å². The number of piperazine rings is 1. The van der Waals surface area contributed by atoms with Gasteiger partial charge in [-0.15, -0.1) is 0 Å². The van der Waals surface area contributed by atoms with Crippen LogP contribution < -0.4 is 5.32 Å². The Balaban J connectivity index is 1.21. The summed E-state index contributed by atoms with van der Waals surface area (Å²) in [6, 6.07) is 11.8. The Kier molecular flexibility index (Phi) is 4.84. The highest BCUT2D eigenvalue weighted by Crippen LogP contribution is 2.41. The molecule has 3 aliphatic rings. The van der Waals surface area contributed by atoms with E-state index < -0.39 is 5.54 Å². The summed E-state index contributed by atoms with van der Waals surface area (Å²) in [5.74, 6) is 0.138. The van der Waals surface area contributed by atoms with E-state index in [1.54, 1.807) is 6.07 Å². The van der Waals surface area contributed by atoms with Crippen LogP contribution in [0.4, 0.5) is 10.6 Å². The molecule has 3 aliphatic heterocycles. The molecule has 0 radical (unpaired) electrons. The molecule has 2 N–H and O–H groups in total. The van der Waals surface area contributed by atoms with Crippen molar-refractivity contribution in [2.75, 3.05) is 31.5 Å². The first-order chi connectivity index (χ1) is 16.4. The quantitative estimate of drug-likeness (QED) is 0.614. The molecule has 0 saturated carbocycles. The number of anilines is 1. The van der Waals surface area contributed by atoms with Crippen molar-refractivity contribution in [3.63, 3.8) is 0 Å². The molecule has 3 amide bonds. The molecule has 6 rings (SSSR count). The van der Waals surface area contributed by atoms with E-state index in [-0.39, 0.29) is 11.9 Å². The van der Waals surface area contributed by atoms with Gasteiger partial charge >= 0.3 is 6.03 Å². The minimum absolute atomic E-state index is 0.0506. The highest BCUT2D eigenvalue weighted by molar-refractivity contribution is 6.04. The van der Waals surface area contributed by atoms with Crippen LogP contribution in [0.25, 0.3) is 10.9 Å². The second-order valence-electron chi connectivity index (χ2n) is 9.97. The van der Waals surface area contributed by atoms with Crippen LogP contribution in [-0.4, -0.2) is 74.0 Å². The normalized spacial score (nSPS) is 21.5. The van der Waals surface area contributed by atoms with Gasteiger partial charge in [0.2, 0.25) is 0 Å². The van der Waals surface area contributed by atoms with Gasteiger partial charge in [-0.2, -0.15) is 5.10 Å². The Morgan fingerprint density at radius 3 is 2.85 bits per heavy atom. The first kappa shape index (κ1) is 21.1. The van der Waals surface area contributed by atoms with Crippen molar-refractivity contribution in [3.8, 4) is 0 Å². The number of aromatic nitrogens is 3. The predicted molar refractivity (Wildman–Crippen MR) is 128 cm³/mol. The highest BCUT2D eigenvalue weighted by atomic mass is 16.2. The molecule has 1 aromatic carbocycles. The van der Waals surface area contributed by atoms with Crippen molar-refractivity contribution in [1.82, 2.24) is 29.9 Å².